The summed E-state index contributed by atoms with van der Waals surface area (Å²) in [5, 5.41) is 21.8. The van der Waals surface area contributed by atoms with E-state index in [1.807, 2.05) is 24.3 Å². The molecular weight excluding hydrogens is 346 g/mol. The summed E-state index contributed by atoms with van der Waals surface area (Å²) in [4.78, 5) is 23.2. The minimum absolute atomic E-state index is 0.0562. The Labute approximate surface area is 156 Å². The van der Waals surface area contributed by atoms with Crippen LogP contribution in [0.2, 0.25) is 0 Å². The van der Waals surface area contributed by atoms with Crippen molar-refractivity contribution in [2.45, 2.75) is 26.7 Å². The van der Waals surface area contributed by atoms with Crippen molar-refractivity contribution in [2.24, 2.45) is 0 Å². The Morgan fingerprint density at radius 1 is 1.19 bits per heavy atom. The fraction of sp³-hybridized carbons (Fsp3) is 0.211. The molecule has 8 heteroatoms. The van der Waals surface area contributed by atoms with Crippen molar-refractivity contribution in [2.75, 3.05) is 5.32 Å². The molecule has 1 N–H and O–H groups in total. The summed E-state index contributed by atoms with van der Waals surface area (Å²) in [5.41, 5.74) is 2.82. The first-order valence-electron chi connectivity index (χ1n) is 8.46. The number of nitrogens with zero attached hydrogens (tertiary/aromatic N) is 4. The largest absolute Gasteiger partial charge is 0.320 e. The van der Waals surface area contributed by atoms with Gasteiger partial charge in [-0.3, -0.25) is 14.9 Å². The average Bonchev–Trinajstić information content (AvgIpc) is 3.03. The number of anilines is 1. The number of non-ortho nitro benzene ring substituents is 1. The molecule has 1 amide bonds. The van der Waals surface area contributed by atoms with Crippen molar-refractivity contribution >= 4 is 17.3 Å². The second-order valence-corrected chi connectivity index (χ2v) is 6.41. The fourth-order valence-corrected chi connectivity index (χ4v) is 2.82. The Morgan fingerprint density at radius 2 is 1.93 bits per heavy atom. The van der Waals surface area contributed by atoms with Crippen LogP contribution in [-0.2, 0) is 0 Å². The Bertz CT molecular complexity index is 1010. The van der Waals surface area contributed by atoms with E-state index in [1.165, 1.54) is 16.8 Å². The standard InChI is InChI=1S/C19H19N5O3/c1-12(2)16-9-4-5-10-17(16)20-19(25)18-13(3)23(22-21-18)14-7-6-8-15(11-14)24(26)27/h4-12H,1-3H3,(H,20,25). The quantitative estimate of drug-likeness (QED) is 0.546. The smallest absolute Gasteiger partial charge is 0.278 e. The molecule has 0 aliphatic carbocycles. The number of benzene rings is 2. The Hall–Kier alpha value is -3.55. The Kier molecular flexibility index (Phi) is 4.98. The molecule has 138 valence electrons. The van der Waals surface area contributed by atoms with E-state index in [9.17, 15) is 14.9 Å². The van der Waals surface area contributed by atoms with Crippen LogP contribution in [0.1, 0.15) is 41.5 Å². The van der Waals surface area contributed by atoms with Gasteiger partial charge in [-0.05, 0) is 30.5 Å². The zero-order valence-electron chi connectivity index (χ0n) is 15.2. The van der Waals surface area contributed by atoms with Crippen LogP contribution in [0, 0.1) is 17.0 Å². The number of rotatable bonds is 5. The highest BCUT2D eigenvalue weighted by Crippen LogP contribution is 2.24. The van der Waals surface area contributed by atoms with E-state index in [2.05, 4.69) is 29.5 Å². The van der Waals surface area contributed by atoms with Crippen LogP contribution in [0.15, 0.2) is 48.5 Å². The number of hydrogen-bond donors (Lipinski definition) is 1. The third-order valence-electron chi connectivity index (χ3n) is 4.23. The zero-order chi connectivity index (χ0) is 19.6. The molecule has 0 saturated carbocycles. The number of para-hydroxylation sites is 1. The molecule has 0 bridgehead atoms. The maximum absolute atomic E-state index is 12.7. The number of carbonyl (C=O) groups excluding carboxylic acids is 1. The number of nitro benzene ring substituents is 1. The Morgan fingerprint density at radius 3 is 2.63 bits per heavy atom. The molecule has 0 aliphatic heterocycles. The van der Waals surface area contributed by atoms with Gasteiger partial charge >= 0.3 is 0 Å². The van der Waals surface area contributed by atoms with E-state index in [0.717, 1.165) is 11.3 Å². The number of nitro groups is 1. The van der Waals surface area contributed by atoms with Crippen LogP contribution < -0.4 is 5.32 Å². The van der Waals surface area contributed by atoms with Gasteiger partial charge in [-0.2, -0.15) is 0 Å². The van der Waals surface area contributed by atoms with Gasteiger partial charge in [-0.1, -0.05) is 43.3 Å². The first-order chi connectivity index (χ1) is 12.9. The lowest BCUT2D eigenvalue weighted by Gasteiger charge is -2.13. The van der Waals surface area contributed by atoms with Gasteiger partial charge in [0, 0.05) is 17.8 Å². The van der Waals surface area contributed by atoms with Gasteiger partial charge in [-0.25, -0.2) is 4.68 Å². The Balaban J connectivity index is 1.91. The maximum atomic E-state index is 12.7. The number of aromatic nitrogens is 3. The molecule has 0 fully saturated rings. The molecule has 1 heterocycles. The fourth-order valence-electron chi connectivity index (χ4n) is 2.82. The molecule has 1 aromatic heterocycles. The van der Waals surface area contributed by atoms with Gasteiger partial charge in [0.05, 0.1) is 16.3 Å². The van der Waals surface area contributed by atoms with Crippen molar-refractivity contribution in [1.82, 2.24) is 15.0 Å². The summed E-state index contributed by atoms with van der Waals surface area (Å²) in [6, 6.07) is 13.6. The second-order valence-electron chi connectivity index (χ2n) is 6.41. The van der Waals surface area contributed by atoms with Crippen LogP contribution in [0.3, 0.4) is 0 Å². The van der Waals surface area contributed by atoms with E-state index >= 15 is 0 Å². The van der Waals surface area contributed by atoms with Gasteiger partial charge in [0.15, 0.2) is 5.69 Å². The highest BCUT2D eigenvalue weighted by atomic mass is 16.6. The van der Waals surface area contributed by atoms with Crippen LogP contribution in [0.4, 0.5) is 11.4 Å². The minimum Gasteiger partial charge on any atom is -0.320 e. The van der Waals surface area contributed by atoms with Crippen molar-refractivity contribution in [3.05, 3.63) is 75.6 Å². The lowest BCUT2D eigenvalue weighted by Crippen LogP contribution is -2.15. The molecule has 0 spiro atoms. The first kappa shape index (κ1) is 18.2. The lowest BCUT2D eigenvalue weighted by molar-refractivity contribution is -0.384. The number of carbonyl (C=O) groups is 1. The predicted octanol–water partition coefficient (Wildman–Crippen LogP) is 3.86. The molecule has 3 rings (SSSR count). The molecule has 2 aromatic carbocycles. The summed E-state index contributed by atoms with van der Waals surface area (Å²) in [6.07, 6.45) is 0. The molecule has 8 nitrogen and oxygen atoms in total. The van der Waals surface area contributed by atoms with Crippen molar-refractivity contribution in [3.8, 4) is 5.69 Å². The molecule has 27 heavy (non-hydrogen) atoms. The molecule has 0 saturated heterocycles. The minimum atomic E-state index is -0.480. The summed E-state index contributed by atoms with van der Waals surface area (Å²) >= 11 is 0. The van der Waals surface area contributed by atoms with E-state index < -0.39 is 4.92 Å². The maximum Gasteiger partial charge on any atom is 0.278 e. The SMILES string of the molecule is Cc1c(C(=O)Nc2ccccc2C(C)C)nnn1-c1cccc([N+](=O)[O-])c1. The summed E-state index contributed by atoms with van der Waals surface area (Å²) in [6.45, 7) is 5.80. The monoisotopic (exact) mass is 365 g/mol. The van der Waals surface area contributed by atoms with Crippen LogP contribution in [0.5, 0.6) is 0 Å². The third-order valence-corrected chi connectivity index (χ3v) is 4.23. The van der Waals surface area contributed by atoms with Crippen molar-refractivity contribution < 1.29 is 9.72 Å². The molecule has 0 unspecified atom stereocenters. The summed E-state index contributed by atoms with van der Waals surface area (Å²) in [7, 11) is 0. The molecule has 0 atom stereocenters. The topological polar surface area (TPSA) is 103 Å². The van der Waals surface area contributed by atoms with Gasteiger partial charge < -0.3 is 5.32 Å². The summed E-state index contributed by atoms with van der Waals surface area (Å²) < 4.78 is 1.41. The molecule has 3 aromatic rings. The summed E-state index contributed by atoms with van der Waals surface area (Å²) in [5.74, 6) is -0.125. The van der Waals surface area contributed by atoms with Crippen molar-refractivity contribution in [1.29, 1.82) is 0 Å². The van der Waals surface area contributed by atoms with E-state index in [4.69, 9.17) is 0 Å². The zero-order valence-corrected chi connectivity index (χ0v) is 15.2. The number of amides is 1. The molecule has 0 aliphatic rings. The third kappa shape index (κ3) is 3.69. The van der Waals surface area contributed by atoms with Gasteiger partial charge in [0.2, 0.25) is 0 Å². The van der Waals surface area contributed by atoms with Crippen LogP contribution in [-0.4, -0.2) is 25.8 Å². The molecular formula is C19H19N5O3. The van der Waals surface area contributed by atoms with Gasteiger partial charge in [0.25, 0.3) is 11.6 Å². The van der Waals surface area contributed by atoms with E-state index in [0.29, 0.717) is 11.4 Å². The van der Waals surface area contributed by atoms with Gasteiger partial charge in [0.1, 0.15) is 0 Å². The lowest BCUT2D eigenvalue weighted by atomic mass is 10.0. The second kappa shape index (κ2) is 7.36. The van der Waals surface area contributed by atoms with Gasteiger partial charge in [-0.15, -0.1) is 5.10 Å². The first-order valence-corrected chi connectivity index (χ1v) is 8.46. The highest BCUT2D eigenvalue weighted by molar-refractivity contribution is 6.04. The van der Waals surface area contributed by atoms with Crippen molar-refractivity contribution in [3.63, 3.8) is 0 Å². The predicted molar refractivity (Wildman–Crippen MR) is 101 cm³/mol. The normalized spacial score (nSPS) is 10.8. The average molecular weight is 365 g/mol. The number of hydrogen-bond acceptors (Lipinski definition) is 5. The van der Waals surface area contributed by atoms with E-state index in [1.54, 1.807) is 19.1 Å². The molecule has 0 radical (unpaired) electrons. The number of nitrogens with one attached hydrogen (secondary N) is 1. The van der Waals surface area contributed by atoms with E-state index in [-0.39, 0.29) is 23.2 Å². The van der Waals surface area contributed by atoms with Crippen LogP contribution >= 0.6 is 0 Å². The highest BCUT2D eigenvalue weighted by Gasteiger charge is 2.19. The van der Waals surface area contributed by atoms with Crippen LogP contribution in [0.25, 0.3) is 5.69 Å².